The molecule has 4 nitrogen and oxygen atoms in total. The normalized spacial score (nSPS) is 16.8. The highest BCUT2D eigenvalue weighted by molar-refractivity contribution is 6.04. The Morgan fingerprint density at radius 2 is 1.85 bits per heavy atom. The maximum Gasteiger partial charge on any atom is 0.229 e. The van der Waals surface area contributed by atoms with Crippen molar-refractivity contribution in [2.24, 2.45) is 5.92 Å². The van der Waals surface area contributed by atoms with E-state index in [0.29, 0.717) is 6.54 Å². The quantitative estimate of drug-likeness (QED) is 0.900. The van der Waals surface area contributed by atoms with Gasteiger partial charge in [-0.05, 0) is 61.6 Å². The second-order valence-corrected chi connectivity index (χ2v) is 7.20. The summed E-state index contributed by atoms with van der Waals surface area (Å²) in [4.78, 5) is 27.0. The van der Waals surface area contributed by atoms with Crippen molar-refractivity contribution in [2.75, 3.05) is 16.8 Å². The Hall–Kier alpha value is -2.62. The van der Waals surface area contributed by atoms with Gasteiger partial charge in [-0.15, -0.1) is 0 Å². The summed E-state index contributed by atoms with van der Waals surface area (Å²) >= 11 is 0. The number of carbonyl (C=O) groups excluding carboxylic acids is 2. The van der Waals surface area contributed by atoms with Crippen LogP contribution in [0, 0.1) is 26.7 Å². The van der Waals surface area contributed by atoms with Gasteiger partial charge < -0.3 is 10.2 Å². The Morgan fingerprint density at radius 3 is 2.50 bits per heavy atom. The predicted octanol–water partition coefficient (Wildman–Crippen LogP) is 4.17. The third kappa shape index (κ3) is 3.64. The molecule has 0 spiro atoms. The molecule has 26 heavy (non-hydrogen) atoms. The summed E-state index contributed by atoms with van der Waals surface area (Å²) in [6.07, 6.45) is 1.11. The SMILES string of the molecule is CCc1cccc(C)c1NC(=O)C1CC(=O)N(c2cc(C)cc(C)c2)C1. The molecule has 1 unspecified atom stereocenters. The average Bonchev–Trinajstić information content (AvgIpc) is 2.97. The molecule has 2 amide bonds. The number of para-hydroxylation sites is 1. The van der Waals surface area contributed by atoms with Gasteiger partial charge in [0.05, 0.1) is 5.92 Å². The molecule has 4 heteroatoms. The molecule has 2 aromatic rings. The van der Waals surface area contributed by atoms with Crippen LogP contribution in [0.2, 0.25) is 0 Å². The Bertz CT molecular complexity index is 837. The fourth-order valence-corrected chi connectivity index (χ4v) is 3.67. The molecule has 1 saturated heterocycles. The first kappa shape index (κ1) is 18.2. The summed E-state index contributed by atoms with van der Waals surface area (Å²) in [5, 5.41) is 3.07. The van der Waals surface area contributed by atoms with Crippen molar-refractivity contribution >= 4 is 23.2 Å². The molecule has 0 aromatic heterocycles. The van der Waals surface area contributed by atoms with E-state index >= 15 is 0 Å². The third-order valence-corrected chi connectivity index (χ3v) is 5.00. The maximum atomic E-state index is 12.8. The van der Waals surface area contributed by atoms with E-state index in [1.165, 1.54) is 0 Å². The van der Waals surface area contributed by atoms with Crippen LogP contribution < -0.4 is 10.2 Å². The van der Waals surface area contributed by atoms with Crippen LogP contribution in [0.1, 0.15) is 35.6 Å². The second kappa shape index (κ2) is 7.32. The molecule has 1 heterocycles. The molecule has 1 fully saturated rings. The van der Waals surface area contributed by atoms with Crippen LogP contribution >= 0.6 is 0 Å². The highest BCUT2D eigenvalue weighted by Gasteiger charge is 2.35. The summed E-state index contributed by atoms with van der Waals surface area (Å²) in [6, 6.07) is 12.1. The lowest BCUT2D eigenvalue weighted by Crippen LogP contribution is -2.28. The van der Waals surface area contributed by atoms with Gasteiger partial charge in [0.15, 0.2) is 0 Å². The van der Waals surface area contributed by atoms with E-state index in [9.17, 15) is 9.59 Å². The first-order valence-corrected chi connectivity index (χ1v) is 9.17. The number of nitrogens with zero attached hydrogens (tertiary/aromatic N) is 1. The molecule has 0 radical (unpaired) electrons. The lowest BCUT2D eigenvalue weighted by Gasteiger charge is -2.19. The second-order valence-electron chi connectivity index (χ2n) is 7.20. The zero-order valence-electron chi connectivity index (χ0n) is 15.9. The van der Waals surface area contributed by atoms with Crippen molar-refractivity contribution in [1.29, 1.82) is 0 Å². The van der Waals surface area contributed by atoms with E-state index in [1.807, 2.05) is 51.1 Å². The van der Waals surface area contributed by atoms with Gasteiger partial charge in [0, 0.05) is 24.3 Å². The Balaban J connectivity index is 1.77. The number of anilines is 2. The fraction of sp³-hybridized carbons (Fsp3) is 0.364. The number of amides is 2. The summed E-state index contributed by atoms with van der Waals surface area (Å²) in [7, 11) is 0. The maximum absolute atomic E-state index is 12.8. The Kier molecular flexibility index (Phi) is 5.12. The molecule has 3 rings (SSSR count). The number of carbonyl (C=O) groups is 2. The molecular formula is C22H26N2O2. The van der Waals surface area contributed by atoms with Gasteiger partial charge >= 0.3 is 0 Å². The molecule has 0 aliphatic carbocycles. The summed E-state index contributed by atoms with van der Waals surface area (Å²) in [5.41, 5.74) is 6.17. The van der Waals surface area contributed by atoms with Crippen molar-refractivity contribution in [3.8, 4) is 0 Å². The zero-order valence-corrected chi connectivity index (χ0v) is 15.9. The number of aryl methyl sites for hydroxylation is 4. The molecule has 1 aliphatic heterocycles. The Labute approximate surface area is 155 Å². The van der Waals surface area contributed by atoms with Crippen LogP contribution in [-0.2, 0) is 16.0 Å². The summed E-state index contributed by atoms with van der Waals surface area (Å²) in [5.74, 6) is -0.391. The smallest absolute Gasteiger partial charge is 0.229 e. The number of nitrogens with one attached hydrogen (secondary N) is 1. The minimum absolute atomic E-state index is 0.00986. The van der Waals surface area contributed by atoms with Crippen LogP contribution in [0.15, 0.2) is 36.4 Å². The first-order valence-electron chi connectivity index (χ1n) is 9.17. The van der Waals surface area contributed by atoms with Gasteiger partial charge in [0.25, 0.3) is 0 Å². The lowest BCUT2D eigenvalue weighted by atomic mass is 10.0. The van der Waals surface area contributed by atoms with Crippen LogP contribution in [0.4, 0.5) is 11.4 Å². The number of hydrogen-bond donors (Lipinski definition) is 1. The van der Waals surface area contributed by atoms with E-state index < -0.39 is 0 Å². The summed E-state index contributed by atoms with van der Waals surface area (Å²) in [6.45, 7) is 8.54. The minimum Gasteiger partial charge on any atom is -0.325 e. The van der Waals surface area contributed by atoms with Crippen molar-refractivity contribution in [3.63, 3.8) is 0 Å². The van der Waals surface area contributed by atoms with E-state index in [0.717, 1.165) is 40.0 Å². The number of rotatable bonds is 4. The van der Waals surface area contributed by atoms with Crippen molar-refractivity contribution in [2.45, 2.75) is 40.5 Å². The monoisotopic (exact) mass is 350 g/mol. The minimum atomic E-state index is -0.326. The van der Waals surface area contributed by atoms with Crippen LogP contribution in [0.3, 0.4) is 0 Å². The first-order chi connectivity index (χ1) is 12.4. The summed E-state index contributed by atoms with van der Waals surface area (Å²) < 4.78 is 0. The number of benzene rings is 2. The largest absolute Gasteiger partial charge is 0.325 e. The highest BCUT2D eigenvalue weighted by atomic mass is 16.2. The van der Waals surface area contributed by atoms with Crippen molar-refractivity contribution < 1.29 is 9.59 Å². The van der Waals surface area contributed by atoms with Gasteiger partial charge in [-0.1, -0.05) is 31.2 Å². The molecule has 1 aliphatic rings. The van der Waals surface area contributed by atoms with Gasteiger partial charge in [-0.25, -0.2) is 0 Å². The average molecular weight is 350 g/mol. The lowest BCUT2D eigenvalue weighted by molar-refractivity contribution is -0.122. The van der Waals surface area contributed by atoms with Crippen molar-refractivity contribution in [1.82, 2.24) is 0 Å². The molecule has 0 bridgehead atoms. The predicted molar refractivity (Wildman–Crippen MR) is 106 cm³/mol. The molecule has 2 aromatic carbocycles. The Morgan fingerprint density at radius 1 is 1.15 bits per heavy atom. The van der Waals surface area contributed by atoms with E-state index in [1.54, 1.807) is 4.90 Å². The fourth-order valence-electron chi connectivity index (χ4n) is 3.67. The number of hydrogen-bond acceptors (Lipinski definition) is 2. The van der Waals surface area contributed by atoms with Crippen LogP contribution in [-0.4, -0.2) is 18.4 Å². The standard InChI is InChI=1S/C22H26N2O2/c1-5-17-8-6-7-16(4)21(17)23-22(26)18-12-20(25)24(13-18)19-10-14(2)9-15(3)11-19/h6-11,18H,5,12-13H2,1-4H3,(H,23,26). The van der Waals surface area contributed by atoms with E-state index in [4.69, 9.17) is 0 Å². The molecule has 0 saturated carbocycles. The third-order valence-electron chi connectivity index (χ3n) is 5.00. The van der Waals surface area contributed by atoms with E-state index in [2.05, 4.69) is 18.3 Å². The molecule has 1 N–H and O–H groups in total. The molecule has 1 atom stereocenters. The zero-order chi connectivity index (χ0) is 18.8. The topological polar surface area (TPSA) is 49.4 Å². The van der Waals surface area contributed by atoms with Gasteiger partial charge in [0.2, 0.25) is 11.8 Å². The molecule has 136 valence electrons. The highest BCUT2D eigenvalue weighted by Crippen LogP contribution is 2.29. The molecular weight excluding hydrogens is 324 g/mol. The van der Waals surface area contributed by atoms with Crippen LogP contribution in [0.5, 0.6) is 0 Å². The van der Waals surface area contributed by atoms with Gasteiger partial charge in [0.1, 0.15) is 0 Å². The van der Waals surface area contributed by atoms with Crippen LogP contribution in [0.25, 0.3) is 0 Å². The van der Waals surface area contributed by atoms with E-state index in [-0.39, 0.29) is 24.2 Å². The van der Waals surface area contributed by atoms with Gasteiger partial charge in [-0.3, -0.25) is 9.59 Å². The van der Waals surface area contributed by atoms with Gasteiger partial charge in [-0.2, -0.15) is 0 Å². The van der Waals surface area contributed by atoms with Crippen molar-refractivity contribution in [3.05, 3.63) is 58.7 Å².